The summed E-state index contributed by atoms with van der Waals surface area (Å²) in [7, 11) is -1.62. The maximum atomic E-state index is 13.3. The van der Waals surface area contributed by atoms with Crippen molar-refractivity contribution < 1.29 is 19.2 Å². The van der Waals surface area contributed by atoms with Gasteiger partial charge in [-0.25, -0.2) is 4.39 Å². The lowest BCUT2D eigenvalue weighted by molar-refractivity contribution is -0.00513. The van der Waals surface area contributed by atoms with Crippen molar-refractivity contribution >= 4 is 23.4 Å². The fourth-order valence-electron chi connectivity index (χ4n) is 7.20. The van der Waals surface area contributed by atoms with Gasteiger partial charge in [-0.15, -0.1) is 0 Å². The molecule has 0 amide bonds. The third kappa shape index (κ3) is 3.43. The summed E-state index contributed by atoms with van der Waals surface area (Å²) in [6.45, 7) is 0.237. The molecule has 4 aliphatic carbocycles. The fraction of sp³-hybridized carbons (Fsp3) is 0.407. The van der Waals surface area contributed by atoms with Crippen LogP contribution in [0.1, 0.15) is 49.7 Å². The second-order valence-electron chi connectivity index (χ2n) is 10.4. The molecule has 32 heavy (non-hydrogen) atoms. The lowest BCUT2D eigenvalue weighted by Gasteiger charge is -2.57. The Labute approximate surface area is 188 Å². The zero-order valence-corrected chi connectivity index (χ0v) is 18.1. The summed E-state index contributed by atoms with van der Waals surface area (Å²) in [4.78, 5) is 0. The summed E-state index contributed by atoms with van der Waals surface area (Å²) in [6.07, 6.45) is 8.04. The Bertz CT molecular complexity index is 1120. The molecule has 2 N–H and O–H groups in total. The molecule has 0 aromatic heterocycles. The second-order valence-corrected chi connectivity index (χ2v) is 10.4. The molecule has 4 bridgehead atoms. The van der Waals surface area contributed by atoms with Gasteiger partial charge >= 0.3 is 7.12 Å². The van der Waals surface area contributed by atoms with Gasteiger partial charge in [0.1, 0.15) is 18.2 Å². The van der Waals surface area contributed by atoms with Crippen LogP contribution in [-0.2, 0) is 12.0 Å². The highest BCUT2D eigenvalue weighted by atomic mass is 19.1. The highest BCUT2D eigenvalue weighted by Gasteiger charge is 2.51. The van der Waals surface area contributed by atoms with Gasteiger partial charge in [0.25, 0.3) is 0 Å². The molecule has 0 atom stereocenters. The number of rotatable bonds is 5. The summed E-state index contributed by atoms with van der Waals surface area (Å²) in [6, 6.07) is 16.5. The van der Waals surface area contributed by atoms with Gasteiger partial charge in [0.2, 0.25) is 0 Å². The molecule has 0 radical (unpaired) electrons. The van der Waals surface area contributed by atoms with E-state index < -0.39 is 7.12 Å². The van der Waals surface area contributed by atoms with Crippen molar-refractivity contribution in [2.24, 2.45) is 17.8 Å². The normalized spacial score (nSPS) is 28.3. The number of hydrogen-bond acceptors (Lipinski definition) is 3. The molecule has 5 heteroatoms. The standard InChI is InChI=1S/C27H28BFO3/c29-23-6-1-17(2-7-23)16-32-26-24-12-22(5-3-21(24)4-8-25(26)28(30)31)27-13-18-9-19(14-27)11-20(10-18)15-27/h1-8,12,18-20,30-31H,9-11,13-16H2. The van der Waals surface area contributed by atoms with Gasteiger partial charge in [0.15, 0.2) is 0 Å². The molecule has 0 unspecified atom stereocenters. The van der Waals surface area contributed by atoms with Crippen molar-refractivity contribution in [2.75, 3.05) is 0 Å². The molecule has 0 heterocycles. The second kappa shape index (κ2) is 7.60. The molecule has 4 saturated carbocycles. The van der Waals surface area contributed by atoms with Crippen molar-refractivity contribution in [3.8, 4) is 5.75 Å². The van der Waals surface area contributed by atoms with E-state index in [-0.39, 0.29) is 17.8 Å². The Balaban J connectivity index is 1.41. The Morgan fingerprint density at radius 2 is 1.50 bits per heavy atom. The van der Waals surface area contributed by atoms with Crippen LogP contribution < -0.4 is 10.2 Å². The van der Waals surface area contributed by atoms with Crippen LogP contribution in [0.25, 0.3) is 10.8 Å². The number of halogens is 1. The Morgan fingerprint density at radius 1 is 0.875 bits per heavy atom. The lowest BCUT2D eigenvalue weighted by atomic mass is 9.48. The number of fused-ring (bicyclic) bond motifs is 1. The molecule has 4 aliphatic rings. The van der Waals surface area contributed by atoms with Gasteiger partial charge in [-0.3, -0.25) is 0 Å². The molecular weight excluding hydrogens is 402 g/mol. The first kappa shape index (κ1) is 20.3. The average molecular weight is 430 g/mol. The van der Waals surface area contributed by atoms with E-state index in [0.717, 1.165) is 34.1 Å². The zero-order valence-electron chi connectivity index (χ0n) is 18.1. The van der Waals surface area contributed by atoms with Crippen molar-refractivity contribution in [1.29, 1.82) is 0 Å². The largest absolute Gasteiger partial charge is 0.492 e. The summed E-state index contributed by atoms with van der Waals surface area (Å²) in [5, 5.41) is 22.0. The zero-order chi connectivity index (χ0) is 21.9. The summed E-state index contributed by atoms with van der Waals surface area (Å²) >= 11 is 0. The van der Waals surface area contributed by atoms with E-state index >= 15 is 0 Å². The van der Waals surface area contributed by atoms with E-state index in [0.29, 0.717) is 11.2 Å². The smallest absolute Gasteiger partial charge is 0.489 e. The third-order valence-electron chi connectivity index (χ3n) is 8.23. The lowest BCUT2D eigenvalue weighted by Crippen LogP contribution is -2.48. The quantitative estimate of drug-likeness (QED) is 0.577. The van der Waals surface area contributed by atoms with Crippen LogP contribution in [-0.4, -0.2) is 17.2 Å². The van der Waals surface area contributed by atoms with Crippen molar-refractivity contribution in [3.63, 3.8) is 0 Å². The molecule has 0 spiro atoms. The van der Waals surface area contributed by atoms with Crippen molar-refractivity contribution in [3.05, 3.63) is 71.5 Å². The molecule has 4 fully saturated rings. The molecule has 3 aromatic carbocycles. The predicted octanol–water partition coefficient (Wildman–Crippen LogP) is 4.71. The van der Waals surface area contributed by atoms with Crippen molar-refractivity contribution in [2.45, 2.75) is 50.5 Å². The predicted molar refractivity (Wildman–Crippen MR) is 124 cm³/mol. The van der Waals surface area contributed by atoms with Gasteiger partial charge in [0, 0.05) is 10.8 Å². The summed E-state index contributed by atoms with van der Waals surface area (Å²) in [5.41, 5.74) is 2.83. The van der Waals surface area contributed by atoms with Gasteiger partial charge in [0.05, 0.1) is 0 Å². The first-order chi connectivity index (χ1) is 15.5. The molecule has 164 valence electrons. The monoisotopic (exact) mass is 430 g/mol. The van der Waals surface area contributed by atoms with Crippen LogP contribution in [0, 0.1) is 23.6 Å². The van der Waals surface area contributed by atoms with Crippen LogP contribution in [0.5, 0.6) is 5.75 Å². The highest BCUT2D eigenvalue weighted by Crippen LogP contribution is 2.60. The Morgan fingerprint density at radius 3 is 2.12 bits per heavy atom. The summed E-state index contributed by atoms with van der Waals surface area (Å²) < 4.78 is 19.4. The van der Waals surface area contributed by atoms with E-state index in [1.54, 1.807) is 18.2 Å². The minimum absolute atomic E-state index is 0.237. The SMILES string of the molecule is OB(O)c1ccc2ccc(C34CC5CC(CC(C5)C3)C4)cc2c1OCc1ccc(F)cc1. The highest BCUT2D eigenvalue weighted by molar-refractivity contribution is 6.60. The Hall–Kier alpha value is -2.37. The van der Waals surface area contributed by atoms with E-state index in [4.69, 9.17) is 4.74 Å². The number of hydrogen-bond donors (Lipinski definition) is 2. The molecule has 7 rings (SSSR count). The van der Waals surface area contributed by atoms with Crippen LogP contribution >= 0.6 is 0 Å². The van der Waals surface area contributed by atoms with E-state index in [1.807, 2.05) is 6.07 Å². The van der Waals surface area contributed by atoms with E-state index in [9.17, 15) is 14.4 Å². The van der Waals surface area contributed by atoms with E-state index in [2.05, 4.69) is 18.2 Å². The third-order valence-corrected chi connectivity index (χ3v) is 8.23. The molecule has 0 saturated heterocycles. The fourth-order valence-corrected chi connectivity index (χ4v) is 7.20. The first-order valence-electron chi connectivity index (χ1n) is 11.8. The van der Waals surface area contributed by atoms with Gasteiger partial charge in [-0.2, -0.15) is 0 Å². The van der Waals surface area contributed by atoms with Crippen LogP contribution in [0.4, 0.5) is 4.39 Å². The minimum atomic E-state index is -1.62. The molecule has 0 aliphatic heterocycles. The topological polar surface area (TPSA) is 49.7 Å². The minimum Gasteiger partial charge on any atom is -0.489 e. The number of benzene rings is 3. The molecule has 3 nitrogen and oxygen atoms in total. The Kier molecular flexibility index (Phi) is 4.81. The van der Waals surface area contributed by atoms with Crippen LogP contribution in [0.2, 0.25) is 0 Å². The van der Waals surface area contributed by atoms with Crippen LogP contribution in [0.15, 0.2) is 54.6 Å². The molecular formula is C27H28BFO3. The average Bonchev–Trinajstić information content (AvgIpc) is 2.77. The summed E-state index contributed by atoms with van der Waals surface area (Å²) in [5.74, 6) is 2.80. The van der Waals surface area contributed by atoms with Gasteiger partial charge in [-0.1, -0.05) is 36.4 Å². The molecule has 3 aromatic rings. The van der Waals surface area contributed by atoms with Gasteiger partial charge in [-0.05, 0) is 96.4 Å². The maximum Gasteiger partial charge on any atom is 0.492 e. The number of ether oxygens (including phenoxy) is 1. The van der Waals surface area contributed by atoms with E-state index in [1.165, 1.54) is 56.2 Å². The van der Waals surface area contributed by atoms with Crippen molar-refractivity contribution in [1.82, 2.24) is 0 Å². The van der Waals surface area contributed by atoms with Gasteiger partial charge < -0.3 is 14.8 Å². The maximum absolute atomic E-state index is 13.3. The van der Waals surface area contributed by atoms with Crippen LogP contribution in [0.3, 0.4) is 0 Å². The first-order valence-corrected chi connectivity index (χ1v) is 11.8.